The molecule has 242 valence electrons. The Labute approximate surface area is 245 Å². The van der Waals surface area contributed by atoms with Gasteiger partial charge >= 0.3 is 19.0 Å². The molecular formula is C26H25F8N3O6S. The zero-order chi connectivity index (χ0) is 32.9. The fraction of sp³-hybridized carbons (Fsp3) is 0.423. The first kappa shape index (κ1) is 34.5. The number of rotatable bonds is 12. The Morgan fingerprint density at radius 3 is 2.23 bits per heavy atom. The molecule has 0 aliphatic carbocycles. The lowest BCUT2D eigenvalue weighted by atomic mass is 9.77. The maximum Gasteiger partial charge on any atom is 0.416 e. The van der Waals surface area contributed by atoms with Crippen LogP contribution in [0.1, 0.15) is 30.5 Å². The van der Waals surface area contributed by atoms with Gasteiger partial charge in [-0.1, -0.05) is 12.1 Å². The lowest BCUT2D eigenvalue weighted by Gasteiger charge is -2.41. The molecule has 2 aromatic rings. The highest BCUT2D eigenvalue weighted by molar-refractivity contribution is 7.91. The average molecular weight is 660 g/mol. The monoisotopic (exact) mass is 659 g/mol. The molecule has 0 spiro atoms. The summed E-state index contributed by atoms with van der Waals surface area (Å²) in [7, 11) is -3.79. The Bertz CT molecular complexity index is 1480. The van der Waals surface area contributed by atoms with Crippen LogP contribution >= 0.6 is 0 Å². The van der Waals surface area contributed by atoms with Gasteiger partial charge < -0.3 is 20.1 Å². The second kappa shape index (κ2) is 13.4. The molecule has 1 aromatic heterocycles. The molecule has 0 fully saturated rings. The van der Waals surface area contributed by atoms with Gasteiger partial charge in [-0.3, -0.25) is 14.6 Å². The van der Waals surface area contributed by atoms with Crippen molar-refractivity contribution < 1.29 is 62.6 Å². The molecule has 0 bridgehead atoms. The highest BCUT2D eigenvalue weighted by atomic mass is 32.2. The molecule has 2 amide bonds. The SMILES string of the molecule is CS(=O)(=O)CC(=O)NCC1=C(c2ccc(OC(F)F)cn2)C[C@](c2ccc(OCCCC(F)(F)F)cc2)(C(F)(F)F)NC1=O. The lowest BCUT2D eigenvalue weighted by Crippen LogP contribution is -2.59. The number of sulfone groups is 1. The van der Waals surface area contributed by atoms with E-state index < -0.39 is 88.2 Å². The summed E-state index contributed by atoms with van der Waals surface area (Å²) in [6.07, 6.45) is -10.5. The normalized spacial score (nSPS) is 17.8. The van der Waals surface area contributed by atoms with Gasteiger partial charge in [0.1, 0.15) is 17.3 Å². The molecule has 18 heteroatoms. The summed E-state index contributed by atoms with van der Waals surface area (Å²) >= 11 is 0. The van der Waals surface area contributed by atoms with Crippen molar-refractivity contribution in [2.24, 2.45) is 0 Å². The van der Waals surface area contributed by atoms with E-state index in [0.29, 0.717) is 0 Å². The van der Waals surface area contributed by atoms with E-state index in [1.165, 1.54) is 0 Å². The van der Waals surface area contributed by atoms with Crippen LogP contribution in [0.2, 0.25) is 0 Å². The zero-order valence-corrected chi connectivity index (χ0v) is 23.5. The smallest absolute Gasteiger partial charge is 0.416 e. The third kappa shape index (κ3) is 9.27. The molecule has 9 nitrogen and oxygen atoms in total. The number of ether oxygens (including phenoxy) is 2. The largest absolute Gasteiger partial charge is 0.494 e. The lowest BCUT2D eigenvalue weighted by molar-refractivity contribution is -0.201. The van der Waals surface area contributed by atoms with Crippen molar-refractivity contribution in [3.05, 3.63) is 59.4 Å². The van der Waals surface area contributed by atoms with Crippen molar-refractivity contribution in [3.8, 4) is 11.5 Å². The number of hydrogen-bond acceptors (Lipinski definition) is 7. The summed E-state index contributed by atoms with van der Waals surface area (Å²) in [4.78, 5) is 29.2. The van der Waals surface area contributed by atoms with E-state index in [1.807, 2.05) is 5.32 Å². The number of carbonyl (C=O) groups excluding carboxylic acids is 2. The maximum atomic E-state index is 14.8. The topological polar surface area (TPSA) is 124 Å². The highest BCUT2D eigenvalue weighted by Gasteiger charge is 2.59. The molecule has 1 atom stereocenters. The van der Waals surface area contributed by atoms with E-state index in [4.69, 9.17) is 4.74 Å². The number of nitrogens with one attached hydrogen (secondary N) is 2. The molecule has 3 rings (SSSR count). The van der Waals surface area contributed by atoms with Crippen molar-refractivity contribution in [2.45, 2.75) is 43.8 Å². The van der Waals surface area contributed by atoms with Crippen molar-refractivity contribution in [2.75, 3.05) is 25.2 Å². The Morgan fingerprint density at radius 2 is 1.70 bits per heavy atom. The van der Waals surface area contributed by atoms with E-state index in [1.54, 1.807) is 0 Å². The molecule has 0 saturated carbocycles. The Hall–Kier alpha value is -3.96. The standard InChI is InChI=1S/C26H25F8N3O6S/c1-44(40,41)14-21(38)36-13-19-18(20-8-7-17(12-35-20)43-23(27)28)11-24(26(32,33)34,37-22(19)39)15-3-5-16(6-4-15)42-10-2-9-25(29,30)31/h3-8,12,23H,2,9-11,13-14H2,1H3,(H,36,38)(H,37,39)/t24-/m0/s1. The van der Waals surface area contributed by atoms with Crippen LogP contribution in [0.4, 0.5) is 35.1 Å². The first-order valence-electron chi connectivity index (χ1n) is 12.6. The van der Waals surface area contributed by atoms with Gasteiger partial charge in [0.2, 0.25) is 11.8 Å². The van der Waals surface area contributed by atoms with Crippen LogP contribution in [-0.4, -0.2) is 69.3 Å². The molecule has 0 saturated heterocycles. The quantitative estimate of drug-likeness (QED) is 0.258. The summed E-state index contributed by atoms with van der Waals surface area (Å²) in [6, 6.07) is 6.12. The van der Waals surface area contributed by atoms with Crippen LogP contribution in [0.15, 0.2) is 48.2 Å². The number of pyridine rings is 1. The summed E-state index contributed by atoms with van der Waals surface area (Å²) in [5, 5.41) is 4.09. The molecule has 1 aromatic carbocycles. The minimum atomic E-state index is -5.16. The number of alkyl halides is 8. The van der Waals surface area contributed by atoms with E-state index >= 15 is 0 Å². The van der Waals surface area contributed by atoms with E-state index in [2.05, 4.69) is 15.0 Å². The van der Waals surface area contributed by atoms with Gasteiger partial charge in [0, 0.05) is 31.2 Å². The van der Waals surface area contributed by atoms with E-state index in [9.17, 15) is 53.1 Å². The van der Waals surface area contributed by atoms with Crippen LogP contribution in [0, 0.1) is 0 Å². The van der Waals surface area contributed by atoms with Crippen LogP contribution in [0.5, 0.6) is 11.5 Å². The summed E-state index contributed by atoms with van der Waals surface area (Å²) < 4.78 is 139. The van der Waals surface area contributed by atoms with Crippen LogP contribution in [0.25, 0.3) is 5.57 Å². The molecule has 2 heterocycles. The molecule has 1 aliphatic rings. The van der Waals surface area contributed by atoms with Crippen molar-refractivity contribution >= 4 is 27.2 Å². The minimum absolute atomic E-state index is 0.0308. The number of hydrogen-bond donors (Lipinski definition) is 2. The number of carbonyl (C=O) groups is 2. The number of amides is 2. The van der Waals surface area contributed by atoms with Crippen molar-refractivity contribution in [1.82, 2.24) is 15.6 Å². The van der Waals surface area contributed by atoms with Gasteiger partial charge in [0.25, 0.3) is 0 Å². The Balaban J connectivity index is 2.00. The van der Waals surface area contributed by atoms with Gasteiger partial charge in [0.05, 0.1) is 18.5 Å². The maximum absolute atomic E-state index is 14.8. The predicted octanol–water partition coefficient (Wildman–Crippen LogP) is 4.30. The zero-order valence-electron chi connectivity index (χ0n) is 22.7. The van der Waals surface area contributed by atoms with E-state index in [0.717, 1.165) is 48.9 Å². The van der Waals surface area contributed by atoms with Crippen LogP contribution in [0.3, 0.4) is 0 Å². The van der Waals surface area contributed by atoms with Gasteiger partial charge in [-0.15, -0.1) is 0 Å². The molecular weight excluding hydrogens is 634 g/mol. The van der Waals surface area contributed by atoms with Gasteiger partial charge in [-0.2, -0.15) is 35.1 Å². The first-order chi connectivity index (χ1) is 20.3. The van der Waals surface area contributed by atoms with Crippen molar-refractivity contribution in [1.29, 1.82) is 0 Å². The van der Waals surface area contributed by atoms with Crippen molar-refractivity contribution in [3.63, 3.8) is 0 Å². The third-order valence-corrected chi connectivity index (χ3v) is 7.02. The molecule has 44 heavy (non-hydrogen) atoms. The molecule has 2 N–H and O–H groups in total. The Morgan fingerprint density at radius 1 is 1.07 bits per heavy atom. The van der Waals surface area contributed by atoms with Crippen LogP contribution < -0.4 is 20.1 Å². The summed E-state index contributed by atoms with van der Waals surface area (Å²) in [5.41, 5.74) is -4.59. The third-order valence-electron chi connectivity index (χ3n) is 6.24. The summed E-state index contributed by atoms with van der Waals surface area (Å²) in [6.45, 7) is -4.29. The van der Waals surface area contributed by atoms with Crippen LogP contribution in [-0.2, 0) is 25.0 Å². The van der Waals surface area contributed by atoms with E-state index in [-0.39, 0.29) is 30.0 Å². The minimum Gasteiger partial charge on any atom is -0.494 e. The number of nitrogens with zero attached hydrogens (tertiary/aromatic N) is 1. The first-order valence-corrected chi connectivity index (χ1v) is 14.6. The number of benzene rings is 1. The van der Waals surface area contributed by atoms with Gasteiger partial charge in [0.15, 0.2) is 15.4 Å². The predicted molar refractivity (Wildman–Crippen MR) is 138 cm³/mol. The second-order valence-corrected chi connectivity index (χ2v) is 11.8. The highest BCUT2D eigenvalue weighted by Crippen LogP contribution is 2.48. The molecule has 0 radical (unpaired) electrons. The second-order valence-electron chi connectivity index (χ2n) is 9.69. The molecule has 0 unspecified atom stereocenters. The average Bonchev–Trinajstić information content (AvgIpc) is 2.88. The summed E-state index contributed by atoms with van der Waals surface area (Å²) in [5.74, 6) is -3.77. The number of aromatic nitrogens is 1. The van der Waals surface area contributed by atoms with Gasteiger partial charge in [-0.25, -0.2) is 8.42 Å². The fourth-order valence-electron chi connectivity index (χ4n) is 4.27. The molecule has 1 aliphatic heterocycles. The Kier molecular flexibility index (Phi) is 10.5. The van der Waals surface area contributed by atoms with Gasteiger partial charge in [-0.05, 0) is 41.8 Å². The fourth-order valence-corrected chi connectivity index (χ4v) is 4.85. The number of halogens is 8.